The van der Waals surface area contributed by atoms with Gasteiger partial charge in [-0.1, -0.05) is 51.1 Å². The molecule has 106 valence electrons. The van der Waals surface area contributed by atoms with Crippen LogP contribution < -0.4 is 4.72 Å². The van der Waals surface area contributed by atoms with E-state index in [1.54, 1.807) is 20.8 Å². The van der Waals surface area contributed by atoms with E-state index in [0.717, 1.165) is 5.56 Å². The monoisotopic (exact) mass is 283 g/mol. The van der Waals surface area contributed by atoms with E-state index >= 15 is 0 Å². The van der Waals surface area contributed by atoms with Gasteiger partial charge in [-0.3, -0.25) is 4.79 Å². The normalized spacial score (nSPS) is 12.4. The topological polar surface area (TPSA) is 63.2 Å². The van der Waals surface area contributed by atoms with E-state index in [1.807, 2.05) is 30.3 Å². The molecule has 0 aromatic heterocycles. The molecule has 1 aromatic rings. The number of hydrogen-bond donors (Lipinski definition) is 1. The van der Waals surface area contributed by atoms with Gasteiger partial charge in [0, 0.05) is 12.0 Å². The van der Waals surface area contributed by atoms with Crippen molar-refractivity contribution >= 4 is 15.8 Å². The molecule has 1 aromatic carbocycles. The van der Waals surface area contributed by atoms with Crippen molar-refractivity contribution in [3.8, 4) is 0 Å². The van der Waals surface area contributed by atoms with E-state index in [2.05, 4.69) is 4.72 Å². The smallest absolute Gasteiger partial charge is 0.218 e. The van der Waals surface area contributed by atoms with E-state index in [9.17, 15) is 13.2 Å². The molecule has 0 bridgehead atoms. The van der Waals surface area contributed by atoms with Crippen LogP contribution in [0.4, 0.5) is 0 Å². The van der Waals surface area contributed by atoms with E-state index in [-0.39, 0.29) is 5.78 Å². The summed E-state index contributed by atoms with van der Waals surface area (Å²) in [6.07, 6.45) is 0.615. The summed E-state index contributed by atoms with van der Waals surface area (Å²) in [7, 11) is -3.53. The number of carbonyl (C=O) groups is 1. The Balaban J connectivity index is 2.46. The number of rotatable bonds is 6. The fourth-order valence-corrected chi connectivity index (χ4v) is 2.73. The van der Waals surface area contributed by atoms with Gasteiger partial charge in [0.15, 0.2) is 5.78 Å². The summed E-state index contributed by atoms with van der Waals surface area (Å²) in [6.45, 7) is 5.46. The Morgan fingerprint density at radius 3 is 2.26 bits per heavy atom. The van der Waals surface area contributed by atoms with Crippen LogP contribution in [-0.2, 0) is 21.2 Å². The maximum absolute atomic E-state index is 11.7. The molecule has 1 rings (SSSR count). The Kier molecular flexibility index (Phi) is 5.26. The summed E-state index contributed by atoms with van der Waals surface area (Å²) in [5.74, 6) is -0.731. The van der Waals surface area contributed by atoms with Crippen LogP contribution in [0.15, 0.2) is 30.3 Å². The fraction of sp³-hybridized carbons (Fsp3) is 0.500. The highest BCUT2D eigenvalue weighted by Gasteiger charge is 2.26. The molecule has 0 unspecified atom stereocenters. The van der Waals surface area contributed by atoms with Crippen LogP contribution >= 0.6 is 0 Å². The predicted octanol–water partition coefficient (Wildman–Crippen LogP) is 1.76. The molecule has 4 nitrogen and oxygen atoms in total. The maximum atomic E-state index is 11.7. The first-order valence-electron chi connectivity index (χ1n) is 6.25. The summed E-state index contributed by atoms with van der Waals surface area (Å²) < 4.78 is 26.0. The predicted molar refractivity (Wildman–Crippen MR) is 76.4 cm³/mol. The molecule has 0 saturated carbocycles. The minimum absolute atomic E-state index is 0.278. The molecule has 0 aliphatic carbocycles. The van der Waals surface area contributed by atoms with E-state index in [0.29, 0.717) is 13.0 Å². The largest absolute Gasteiger partial charge is 0.298 e. The standard InChI is InChI=1S/C14H21NO3S/c1-14(2,3)13(16)11-19(17,18)15-10-9-12-7-5-4-6-8-12/h4-8,15H,9-11H2,1-3H3. The summed E-state index contributed by atoms with van der Waals surface area (Å²) in [5, 5.41) is 0. The lowest BCUT2D eigenvalue weighted by molar-refractivity contribution is -0.123. The highest BCUT2D eigenvalue weighted by Crippen LogP contribution is 2.15. The molecule has 19 heavy (non-hydrogen) atoms. The van der Waals surface area contributed by atoms with E-state index < -0.39 is 21.2 Å². The third-order valence-corrected chi connectivity index (χ3v) is 4.02. The van der Waals surface area contributed by atoms with Crippen molar-refractivity contribution in [1.29, 1.82) is 0 Å². The lowest BCUT2D eigenvalue weighted by Crippen LogP contribution is -2.36. The molecule has 0 heterocycles. The number of ketones is 1. The molecule has 0 atom stereocenters. The zero-order chi connectivity index (χ0) is 14.5. The Morgan fingerprint density at radius 2 is 1.74 bits per heavy atom. The van der Waals surface area contributed by atoms with Crippen molar-refractivity contribution in [3.05, 3.63) is 35.9 Å². The average Bonchev–Trinajstić information content (AvgIpc) is 2.28. The number of carbonyl (C=O) groups excluding carboxylic acids is 1. The van der Waals surface area contributed by atoms with Crippen LogP contribution in [0, 0.1) is 5.41 Å². The van der Waals surface area contributed by atoms with Crippen LogP contribution in [0.5, 0.6) is 0 Å². The van der Waals surface area contributed by atoms with Crippen molar-refractivity contribution in [2.75, 3.05) is 12.3 Å². The molecule has 0 saturated heterocycles. The summed E-state index contributed by atoms with van der Waals surface area (Å²) >= 11 is 0. The lowest BCUT2D eigenvalue weighted by atomic mass is 9.92. The van der Waals surface area contributed by atoms with Crippen molar-refractivity contribution in [2.45, 2.75) is 27.2 Å². The van der Waals surface area contributed by atoms with Crippen molar-refractivity contribution in [1.82, 2.24) is 4.72 Å². The molecule has 0 amide bonds. The van der Waals surface area contributed by atoms with Gasteiger partial charge >= 0.3 is 0 Å². The third-order valence-electron chi connectivity index (χ3n) is 2.74. The Hall–Kier alpha value is -1.20. The van der Waals surface area contributed by atoms with E-state index in [4.69, 9.17) is 0 Å². The molecule has 0 aliphatic rings. The summed E-state index contributed by atoms with van der Waals surface area (Å²) in [5.41, 5.74) is 0.432. The minimum Gasteiger partial charge on any atom is -0.298 e. The highest BCUT2D eigenvalue weighted by molar-refractivity contribution is 7.90. The average molecular weight is 283 g/mol. The van der Waals surface area contributed by atoms with Gasteiger partial charge in [0.1, 0.15) is 5.75 Å². The van der Waals surface area contributed by atoms with Gasteiger partial charge in [-0.25, -0.2) is 13.1 Å². The molecular weight excluding hydrogens is 262 g/mol. The second kappa shape index (κ2) is 6.30. The molecular formula is C14H21NO3S. The molecule has 5 heteroatoms. The van der Waals surface area contributed by atoms with Gasteiger partial charge in [-0.05, 0) is 12.0 Å². The molecule has 0 spiro atoms. The van der Waals surface area contributed by atoms with Crippen LogP contribution in [0.25, 0.3) is 0 Å². The van der Waals surface area contributed by atoms with Crippen LogP contribution in [0.2, 0.25) is 0 Å². The molecule has 1 N–H and O–H groups in total. The van der Waals surface area contributed by atoms with Gasteiger partial charge in [0.05, 0.1) is 0 Å². The summed E-state index contributed by atoms with van der Waals surface area (Å²) in [4.78, 5) is 11.7. The van der Waals surface area contributed by atoms with Gasteiger partial charge < -0.3 is 0 Å². The quantitative estimate of drug-likeness (QED) is 0.865. The SMILES string of the molecule is CC(C)(C)C(=O)CS(=O)(=O)NCCc1ccccc1. The van der Waals surface area contributed by atoms with E-state index in [1.165, 1.54) is 0 Å². The Labute approximate surface area is 115 Å². The first-order chi connectivity index (χ1) is 8.71. The van der Waals surface area contributed by atoms with Crippen LogP contribution in [0.3, 0.4) is 0 Å². The second-order valence-corrected chi connectivity index (χ2v) is 7.37. The van der Waals surface area contributed by atoms with Crippen LogP contribution in [0.1, 0.15) is 26.3 Å². The molecule has 0 fully saturated rings. The van der Waals surface area contributed by atoms with Gasteiger partial charge in [-0.2, -0.15) is 0 Å². The number of nitrogens with one attached hydrogen (secondary N) is 1. The number of Topliss-reactive ketones (excluding diaryl/α,β-unsaturated/α-hetero) is 1. The van der Waals surface area contributed by atoms with Gasteiger partial charge in [0.2, 0.25) is 10.0 Å². The molecule has 0 aliphatic heterocycles. The first-order valence-corrected chi connectivity index (χ1v) is 7.90. The Morgan fingerprint density at radius 1 is 1.16 bits per heavy atom. The van der Waals surface area contributed by atoms with Gasteiger partial charge in [-0.15, -0.1) is 0 Å². The molecule has 0 radical (unpaired) electrons. The van der Waals surface area contributed by atoms with Crippen molar-refractivity contribution in [2.24, 2.45) is 5.41 Å². The number of hydrogen-bond acceptors (Lipinski definition) is 3. The first kappa shape index (κ1) is 15.9. The zero-order valence-electron chi connectivity index (χ0n) is 11.6. The summed E-state index contributed by atoms with van der Waals surface area (Å²) in [6, 6.07) is 9.61. The fourth-order valence-electron chi connectivity index (χ4n) is 1.44. The zero-order valence-corrected chi connectivity index (χ0v) is 12.5. The van der Waals surface area contributed by atoms with Crippen molar-refractivity contribution in [3.63, 3.8) is 0 Å². The lowest BCUT2D eigenvalue weighted by Gasteiger charge is -2.16. The van der Waals surface area contributed by atoms with Crippen LogP contribution in [-0.4, -0.2) is 26.5 Å². The third kappa shape index (κ3) is 5.98. The Bertz CT molecular complexity index is 515. The number of sulfonamides is 1. The maximum Gasteiger partial charge on any atom is 0.218 e. The van der Waals surface area contributed by atoms with Crippen molar-refractivity contribution < 1.29 is 13.2 Å². The van der Waals surface area contributed by atoms with Gasteiger partial charge in [0.25, 0.3) is 0 Å². The second-order valence-electron chi connectivity index (χ2n) is 5.56. The number of benzene rings is 1. The highest BCUT2D eigenvalue weighted by atomic mass is 32.2. The minimum atomic E-state index is -3.53.